The molecule has 0 bridgehead atoms. The number of sulfone groups is 1. The maximum absolute atomic E-state index is 11.4. The lowest BCUT2D eigenvalue weighted by molar-refractivity contribution is -0.386. The van der Waals surface area contributed by atoms with Crippen LogP contribution in [0.25, 0.3) is 0 Å². The van der Waals surface area contributed by atoms with Crippen LogP contribution in [-0.2, 0) is 9.84 Å². The van der Waals surface area contributed by atoms with Gasteiger partial charge in [0.15, 0.2) is 9.84 Å². The van der Waals surface area contributed by atoms with Crippen LogP contribution in [0.15, 0.2) is 22.7 Å². The molecule has 6 nitrogen and oxygen atoms in total. The smallest absolute Gasteiger partial charge is 0.276 e. The van der Waals surface area contributed by atoms with Crippen molar-refractivity contribution < 1.29 is 18.4 Å². The minimum Gasteiger partial charge on any atom is -0.388 e. The van der Waals surface area contributed by atoms with Crippen LogP contribution in [0, 0.1) is 16.0 Å². The molecule has 2 atom stereocenters. The maximum atomic E-state index is 11.4. The van der Waals surface area contributed by atoms with Gasteiger partial charge in [0.05, 0.1) is 28.1 Å². The van der Waals surface area contributed by atoms with Gasteiger partial charge in [0.25, 0.3) is 5.69 Å². The van der Waals surface area contributed by atoms with E-state index < -0.39 is 26.8 Å². The number of aliphatic hydroxyl groups excluding tert-OH is 1. The van der Waals surface area contributed by atoms with Gasteiger partial charge in [0.1, 0.15) is 0 Å². The van der Waals surface area contributed by atoms with Gasteiger partial charge < -0.3 is 5.11 Å². The Labute approximate surface area is 118 Å². The van der Waals surface area contributed by atoms with Crippen molar-refractivity contribution >= 4 is 31.5 Å². The van der Waals surface area contributed by atoms with E-state index in [2.05, 4.69) is 15.9 Å². The standard InChI is InChI=1S/C11H12BrNO5S/c12-8-1-2-9(10(5-8)13(15)16)11(14)7-3-4-19(17,18)6-7/h1-2,5,7,11,14H,3-4,6H2. The predicted octanol–water partition coefficient (Wildman–Crippen LogP) is 1.83. The molecule has 0 spiro atoms. The van der Waals surface area contributed by atoms with Crippen LogP contribution in [0.5, 0.6) is 0 Å². The summed E-state index contributed by atoms with van der Waals surface area (Å²) in [4.78, 5) is 10.4. The fourth-order valence-corrected chi connectivity index (χ4v) is 4.43. The van der Waals surface area contributed by atoms with Crippen molar-refractivity contribution in [3.63, 3.8) is 0 Å². The zero-order valence-corrected chi connectivity index (χ0v) is 12.2. The third-order valence-electron chi connectivity index (χ3n) is 3.22. The molecule has 0 aliphatic carbocycles. The molecule has 8 heteroatoms. The number of nitrogens with zero attached hydrogens (tertiary/aromatic N) is 1. The first-order chi connectivity index (χ1) is 8.80. The van der Waals surface area contributed by atoms with Crippen LogP contribution in [0.1, 0.15) is 18.1 Å². The molecule has 1 aromatic carbocycles. The van der Waals surface area contributed by atoms with Gasteiger partial charge in [-0.15, -0.1) is 0 Å². The van der Waals surface area contributed by atoms with Crippen molar-refractivity contribution in [2.45, 2.75) is 12.5 Å². The summed E-state index contributed by atoms with van der Waals surface area (Å²) in [6.45, 7) is 0. The summed E-state index contributed by atoms with van der Waals surface area (Å²) in [6, 6.07) is 4.36. The number of rotatable bonds is 3. The Hall–Kier alpha value is -0.990. The lowest BCUT2D eigenvalue weighted by atomic mass is 9.94. The number of aliphatic hydroxyl groups is 1. The van der Waals surface area contributed by atoms with E-state index >= 15 is 0 Å². The molecule has 0 saturated carbocycles. The summed E-state index contributed by atoms with van der Waals surface area (Å²) in [5.74, 6) is -0.578. The second-order valence-electron chi connectivity index (χ2n) is 4.57. The van der Waals surface area contributed by atoms with Gasteiger partial charge in [-0.05, 0) is 18.6 Å². The Morgan fingerprint density at radius 2 is 2.16 bits per heavy atom. The van der Waals surface area contributed by atoms with Crippen LogP contribution >= 0.6 is 15.9 Å². The molecule has 2 unspecified atom stereocenters. The summed E-state index contributed by atoms with van der Waals surface area (Å²) in [5, 5.41) is 21.2. The fraction of sp³-hybridized carbons (Fsp3) is 0.455. The fourth-order valence-electron chi connectivity index (χ4n) is 2.25. The van der Waals surface area contributed by atoms with Crippen molar-refractivity contribution in [1.29, 1.82) is 0 Å². The van der Waals surface area contributed by atoms with Crippen LogP contribution in [0.4, 0.5) is 5.69 Å². The Balaban J connectivity index is 2.34. The molecule has 1 aliphatic heterocycles. The van der Waals surface area contributed by atoms with E-state index in [4.69, 9.17) is 0 Å². The van der Waals surface area contributed by atoms with E-state index in [1.54, 1.807) is 6.07 Å². The Bertz CT molecular complexity index is 616. The van der Waals surface area contributed by atoms with E-state index in [-0.39, 0.29) is 22.8 Å². The number of nitro benzene ring substituents is 1. The molecule has 2 rings (SSSR count). The van der Waals surface area contributed by atoms with Gasteiger partial charge in [0, 0.05) is 16.5 Å². The minimum atomic E-state index is -3.13. The van der Waals surface area contributed by atoms with E-state index in [0.717, 1.165) is 0 Å². The van der Waals surface area contributed by atoms with Gasteiger partial charge in [-0.25, -0.2) is 8.42 Å². The van der Waals surface area contributed by atoms with E-state index in [0.29, 0.717) is 10.9 Å². The predicted molar refractivity (Wildman–Crippen MR) is 72.5 cm³/mol. The molecule has 1 N–H and O–H groups in total. The van der Waals surface area contributed by atoms with Crippen molar-refractivity contribution in [2.24, 2.45) is 5.92 Å². The van der Waals surface area contributed by atoms with E-state index in [1.807, 2.05) is 0 Å². The normalized spacial score (nSPS) is 23.2. The topological polar surface area (TPSA) is 97.5 Å². The lowest BCUT2D eigenvalue weighted by Gasteiger charge is -2.17. The molecule has 0 aromatic heterocycles. The average Bonchev–Trinajstić information content (AvgIpc) is 2.68. The molecule has 0 amide bonds. The summed E-state index contributed by atoms with van der Waals surface area (Å²) >= 11 is 3.13. The summed E-state index contributed by atoms with van der Waals surface area (Å²) in [7, 11) is -3.13. The number of nitro groups is 1. The second-order valence-corrected chi connectivity index (χ2v) is 7.71. The second kappa shape index (κ2) is 5.18. The minimum absolute atomic E-state index is 0.0268. The molecular weight excluding hydrogens is 338 g/mol. The van der Waals surface area contributed by atoms with Crippen LogP contribution in [0.2, 0.25) is 0 Å². The highest BCUT2D eigenvalue weighted by Crippen LogP contribution is 2.36. The summed E-state index contributed by atoms with van der Waals surface area (Å²) in [6.07, 6.45) is -0.803. The molecule has 19 heavy (non-hydrogen) atoms. The first-order valence-electron chi connectivity index (χ1n) is 5.62. The van der Waals surface area contributed by atoms with Crippen LogP contribution < -0.4 is 0 Å². The lowest BCUT2D eigenvalue weighted by Crippen LogP contribution is -2.15. The van der Waals surface area contributed by atoms with Gasteiger partial charge >= 0.3 is 0 Å². The number of hydrogen-bond donors (Lipinski definition) is 1. The van der Waals surface area contributed by atoms with Gasteiger partial charge in [-0.2, -0.15) is 0 Å². The zero-order chi connectivity index (χ0) is 14.2. The molecule has 1 saturated heterocycles. The van der Waals surface area contributed by atoms with Crippen LogP contribution in [0.3, 0.4) is 0 Å². The Kier molecular flexibility index (Phi) is 3.93. The molecule has 1 aromatic rings. The van der Waals surface area contributed by atoms with Crippen molar-refractivity contribution in [3.05, 3.63) is 38.3 Å². The molecule has 1 heterocycles. The SMILES string of the molecule is O=[N+]([O-])c1cc(Br)ccc1C(O)C1CCS(=O)(=O)C1. The third kappa shape index (κ3) is 3.13. The number of hydrogen-bond acceptors (Lipinski definition) is 5. The number of halogens is 1. The molecule has 104 valence electrons. The first-order valence-corrected chi connectivity index (χ1v) is 8.24. The largest absolute Gasteiger partial charge is 0.388 e. The van der Waals surface area contributed by atoms with E-state index in [1.165, 1.54) is 12.1 Å². The monoisotopic (exact) mass is 349 g/mol. The molecule has 1 fully saturated rings. The zero-order valence-electron chi connectivity index (χ0n) is 9.82. The maximum Gasteiger partial charge on any atom is 0.276 e. The van der Waals surface area contributed by atoms with E-state index in [9.17, 15) is 23.6 Å². The van der Waals surface area contributed by atoms with Crippen molar-refractivity contribution in [2.75, 3.05) is 11.5 Å². The van der Waals surface area contributed by atoms with Gasteiger partial charge in [-0.1, -0.05) is 15.9 Å². The Morgan fingerprint density at radius 1 is 1.47 bits per heavy atom. The van der Waals surface area contributed by atoms with Gasteiger partial charge in [0.2, 0.25) is 0 Å². The summed E-state index contributed by atoms with van der Waals surface area (Å²) in [5.41, 5.74) is -0.0403. The molecule has 1 aliphatic rings. The average molecular weight is 350 g/mol. The molecular formula is C11H12BrNO5S. The quantitative estimate of drug-likeness (QED) is 0.662. The van der Waals surface area contributed by atoms with Crippen molar-refractivity contribution in [1.82, 2.24) is 0 Å². The molecule has 0 radical (unpaired) electrons. The van der Waals surface area contributed by atoms with Crippen LogP contribution in [-0.4, -0.2) is 30.0 Å². The number of benzene rings is 1. The highest BCUT2D eigenvalue weighted by atomic mass is 79.9. The third-order valence-corrected chi connectivity index (χ3v) is 5.51. The Morgan fingerprint density at radius 3 is 2.68 bits per heavy atom. The first kappa shape index (κ1) is 14.4. The highest BCUT2D eigenvalue weighted by Gasteiger charge is 2.36. The highest BCUT2D eigenvalue weighted by molar-refractivity contribution is 9.10. The van der Waals surface area contributed by atoms with Gasteiger partial charge in [-0.3, -0.25) is 10.1 Å². The summed E-state index contributed by atoms with van der Waals surface area (Å²) < 4.78 is 23.3. The van der Waals surface area contributed by atoms with Crippen molar-refractivity contribution in [3.8, 4) is 0 Å².